The molecular weight excluding hydrogens is 434 g/mol. The number of quaternary nitrogens is 1. The van der Waals surface area contributed by atoms with Gasteiger partial charge in [-0.25, -0.2) is 0 Å². The van der Waals surface area contributed by atoms with Crippen LogP contribution in [0.5, 0.6) is 0 Å². The minimum absolute atomic E-state index is 0.123. The van der Waals surface area contributed by atoms with E-state index in [0.29, 0.717) is 0 Å². The fourth-order valence-corrected chi connectivity index (χ4v) is 4.73. The van der Waals surface area contributed by atoms with E-state index in [9.17, 15) is 0 Å². The molecule has 1 nitrogen and oxygen atoms in total. The summed E-state index contributed by atoms with van der Waals surface area (Å²) in [5.74, 6) is 0. The molecule has 3 N–H and O–H groups in total. The van der Waals surface area contributed by atoms with Crippen molar-refractivity contribution in [2.75, 3.05) is 0 Å². The number of unbranched alkanes of at least 4 members (excludes halogenated alkanes) is 25. The molecule has 1 unspecified atom stereocenters. The lowest BCUT2D eigenvalue weighted by molar-refractivity contribution is -0.390. The zero-order chi connectivity index (χ0) is 25.4. The first-order valence-corrected chi connectivity index (χ1v) is 16.4. The van der Waals surface area contributed by atoms with E-state index in [1.165, 1.54) is 167 Å². The Labute approximate surface area is 223 Å². The summed E-state index contributed by atoms with van der Waals surface area (Å²) in [6.07, 6.45) is 39.3. The third-order valence-corrected chi connectivity index (χ3v) is 7.19. The number of hydrogen-bond acceptors (Lipinski definition) is 0. The van der Waals surface area contributed by atoms with Crippen LogP contribution in [-0.2, 0) is 0 Å². The van der Waals surface area contributed by atoms with Gasteiger partial charge in [-0.05, 0) is 6.42 Å². The monoisotopic (exact) mass is 502 g/mol. The van der Waals surface area contributed by atoms with Crippen LogP contribution >= 0.6 is 11.6 Å². The summed E-state index contributed by atoms with van der Waals surface area (Å²) in [7, 11) is 0. The molecule has 208 valence electrons. The Kier molecular flexibility index (Phi) is 37.9. The lowest BCUT2D eigenvalue weighted by atomic mass is 10.0. The first-order valence-electron chi connectivity index (χ1n) is 15.9. The van der Waals surface area contributed by atoms with Crippen molar-refractivity contribution in [1.82, 2.24) is 0 Å². The third-order valence-electron chi connectivity index (χ3n) is 6.97. The second-order valence-corrected chi connectivity index (χ2v) is 11.3. The van der Waals surface area contributed by atoms with Crippen LogP contribution in [0, 0.1) is 6.92 Å². The van der Waals surface area contributed by atoms with Gasteiger partial charge >= 0.3 is 0 Å². The van der Waals surface area contributed by atoms with E-state index >= 15 is 0 Å². The number of halogens is 1. The van der Waals surface area contributed by atoms with Crippen molar-refractivity contribution in [3.63, 3.8) is 0 Å². The predicted molar refractivity (Wildman–Crippen MR) is 159 cm³/mol. The molecule has 0 spiro atoms. The molecule has 2 heteroatoms. The summed E-state index contributed by atoms with van der Waals surface area (Å²) in [4.78, 5) is 0. The van der Waals surface area contributed by atoms with Crippen LogP contribution in [-0.4, -0.2) is 5.50 Å². The lowest BCUT2D eigenvalue weighted by Crippen LogP contribution is -2.57. The highest BCUT2D eigenvalue weighted by atomic mass is 35.5. The summed E-state index contributed by atoms with van der Waals surface area (Å²) in [6, 6.07) is 0. The Morgan fingerprint density at radius 3 is 0.912 bits per heavy atom. The van der Waals surface area contributed by atoms with E-state index in [1.54, 1.807) is 0 Å². The fraction of sp³-hybridized carbons (Fsp3) is 0.969. The van der Waals surface area contributed by atoms with Crippen LogP contribution < -0.4 is 5.73 Å². The van der Waals surface area contributed by atoms with Crippen molar-refractivity contribution in [1.29, 1.82) is 0 Å². The summed E-state index contributed by atoms with van der Waals surface area (Å²) < 4.78 is 0. The highest BCUT2D eigenvalue weighted by Crippen LogP contribution is 2.14. The number of rotatable bonds is 27. The van der Waals surface area contributed by atoms with Gasteiger partial charge in [-0.3, -0.25) is 0 Å². The Balaban J connectivity index is 0. The fourth-order valence-electron chi connectivity index (χ4n) is 4.58. The van der Waals surface area contributed by atoms with E-state index in [0.717, 1.165) is 12.8 Å². The molecule has 0 aromatic heterocycles. The van der Waals surface area contributed by atoms with Gasteiger partial charge in [-0.2, -0.15) is 6.42 Å². The molecule has 0 aliphatic carbocycles. The van der Waals surface area contributed by atoms with Crippen molar-refractivity contribution in [3.8, 4) is 0 Å². The van der Waals surface area contributed by atoms with Gasteiger partial charge in [0.25, 0.3) is 0 Å². The van der Waals surface area contributed by atoms with Crippen LogP contribution in [0.15, 0.2) is 0 Å². The van der Waals surface area contributed by atoms with Crippen molar-refractivity contribution in [3.05, 3.63) is 6.92 Å². The van der Waals surface area contributed by atoms with E-state index in [-0.39, 0.29) is 5.50 Å². The Morgan fingerprint density at radius 2 is 0.676 bits per heavy atom. The average molecular weight is 502 g/mol. The SMILES string of the molecule is CCCCCCCCCCCCCCCC([NH3+])Cl.[CH2-]CCCCCCCCCCCCCCC. The first-order chi connectivity index (χ1) is 16.7. The quantitative estimate of drug-likeness (QED) is 0.0501. The molecule has 1 atom stereocenters. The average Bonchev–Trinajstić information content (AvgIpc) is 2.83. The summed E-state index contributed by atoms with van der Waals surface area (Å²) in [5.41, 5.74) is 3.92. The zero-order valence-corrected chi connectivity index (χ0v) is 24.9. The lowest BCUT2D eigenvalue weighted by Gasteiger charge is -2.03. The Bertz CT molecular complexity index is 304. The van der Waals surface area contributed by atoms with E-state index in [4.69, 9.17) is 11.6 Å². The maximum Gasteiger partial charge on any atom is 0.160 e. The van der Waals surface area contributed by atoms with Gasteiger partial charge in [0, 0.05) is 6.42 Å². The standard InChI is InChI=1S/C16H34ClN.C16H33/c1-2-3-4-5-6-7-8-9-10-11-12-13-14-15-16(17)18;1-3-5-7-9-11-13-15-16-14-12-10-8-6-4-2/h16H,2-15,18H2,1H3;1,3-16H2,2H3/q;-1/p+1. The van der Waals surface area contributed by atoms with Gasteiger partial charge in [0.05, 0.1) is 0 Å². The van der Waals surface area contributed by atoms with Crippen LogP contribution in [0.3, 0.4) is 0 Å². The third kappa shape index (κ3) is 39.5. The molecule has 34 heavy (non-hydrogen) atoms. The molecule has 0 aromatic rings. The van der Waals surface area contributed by atoms with Crippen molar-refractivity contribution in [2.24, 2.45) is 0 Å². The molecule has 0 saturated carbocycles. The molecule has 0 radical (unpaired) electrons. The molecule has 0 amide bonds. The smallest absolute Gasteiger partial charge is 0.160 e. The molecule has 0 fully saturated rings. The van der Waals surface area contributed by atoms with Crippen LogP contribution in [0.4, 0.5) is 0 Å². The topological polar surface area (TPSA) is 27.6 Å². The van der Waals surface area contributed by atoms with Gasteiger partial charge in [-0.1, -0.05) is 186 Å². The number of hydrogen-bond donors (Lipinski definition) is 1. The van der Waals surface area contributed by atoms with Crippen LogP contribution in [0.25, 0.3) is 0 Å². The minimum Gasteiger partial charge on any atom is -0.343 e. The highest BCUT2D eigenvalue weighted by Gasteiger charge is 1.99. The van der Waals surface area contributed by atoms with Crippen molar-refractivity contribution in [2.45, 2.75) is 199 Å². The normalized spacial score (nSPS) is 11.9. The Hall–Kier alpha value is 0.250. The first kappa shape index (κ1) is 36.4. The summed E-state index contributed by atoms with van der Waals surface area (Å²) >= 11 is 5.81. The van der Waals surface area contributed by atoms with Gasteiger partial charge in [0.15, 0.2) is 5.50 Å². The number of alkyl halides is 1. The van der Waals surface area contributed by atoms with Crippen molar-refractivity contribution < 1.29 is 5.73 Å². The summed E-state index contributed by atoms with van der Waals surface area (Å²) in [6.45, 7) is 8.44. The molecular formula is C32H68ClN. The van der Waals surface area contributed by atoms with Crippen LogP contribution in [0.1, 0.15) is 194 Å². The van der Waals surface area contributed by atoms with Crippen molar-refractivity contribution >= 4 is 11.6 Å². The molecule has 0 bridgehead atoms. The molecule has 0 aliphatic heterocycles. The van der Waals surface area contributed by atoms with E-state index in [2.05, 4.69) is 26.5 Å². The largest absolute Gasteiger partial charge is 0.343 e. The minimum atomic E-state index is 0.123. The summed E-state index contributed by atoms with van der Waals surface area (Å²) in [5, 5.41) is 0. The molecule has 0 saturated heterocycles. The molecule has 0 rings (SSSR count). The van der Waals surface area contributed by atoms with E-state index in [1.807, 2.05) is 0 Å². The maximum atomic E-state index is 5.81. The predicted octanol–water partition coefficient (Wildman–Crippen LogP) is 11.6. The van der Waals surface area contributed by atoms with Gasteiger partial charge in [0.2, 0.25) is 0 Å². The molecule has 0 aliphatic rings. The van der Waals surface area contributed by atoms with Gasteiger partial charge < -0.3 is 12.7 Å². The second-order valence-electron chi connectivity index (χ2n) is 10.7. The highest BCUT2D eigenvalue weighted by molar-refractivity contribution is 6.19. The molecule has 0 aromatic carbocycles. The maximum absolute atomic E-state index is 5.81. The Morgan fingerprint density at radius 1 is 0.441 bits per heavy atom. The van der Waals surface area contributed by atoms with Gasteiger partial charge in [-0.15, -0.1) is 0 Å². The van der Waals surface area contributed by atoms with E-state index < -0.39 is 0 Å². The van der Waals surface area contributed by atoms with Gasteiger partial charge in [0.1, 0.15) is 0 Å². The van der Waals surface area contributed by atoms with Crippen LogP contribution in [0.2, 0.25) is 0 Å². The molecule has 0 heterocycles. The zero-order valence-electron chi connectivity index (χ0n) is 24.2. The second kappa shape index (κ2) is 35.4.